The van der Waals surface area contributed by atoms with Gasteiger partial charge in [-0.2, -0.15) is 0 Å². The third-order valence-corrected chi connectivity index (χ3v) is 3.65. The van der Waals surface area contributed by atoms with Gasteiger partial charge in [-0.15, -0.1) is 0 Å². The maximum absolute atomic E-state index is 12.7. The molecule has 1 amide bonds. The van der Waals surface area contributed by atoms with E-state index in [0.717, 1.165) is 5.56 Å². The summed E-state index contributed by atoms with van der Waals surface area (Å²) < 4.78 is 0. The molecule has 1 aromatic heterocycles. The molecule has 2 rings (SSSR count). The number of nitrogens with zero attached hydrogens (tertiary/aromatic N) is 1. The fourth-order valence-corrected chi connectivity index (χ4v) is 2.33. The van der Waals surface area contributed by atoms with Gasteiger partial charge in [0, 0.05) is 12.6 Å². The lowest BCUT2D eigenvalue weighted by atomic mass is 10.1. The fourth-order valence-electron chi connectivity index (χ4n) is 2.33. The molecule has 0 fully saturated rings. The Morgan fingerprint density at radius 1 is 1.16 bits per heavy atom. The minimum Gasteiger partial charge on any atom is -0.481 e. The van der Waals surface area contributed by atoms with Crippen molar-refractivity contribution in [1.82, 2.24) is 4.98 Å². The molecule has 0 aliphatic rings. The topological polar surface area (TPSA) is 137 Å². The second kappa shape index (κ2) is 8.11. The molecule has 132 valence electrons. The van der Waals surface area contributed by atoms with Gasteiger partial charge in [-0.3, -0.25) is 9.59 Å². The molecule has 25 heavy (non-hydrogen) atoms. The predicted octanol–water partition coefficient (Wildman–Crippen LogP) is 1.44. The molecule has 0 bridgehead atoms. The quantitative estimate of drug-likeness (QED) is 0.571. The fraction of sp³-hybridized carbons (Fsp3) is 0.235. The van der Waals surface area contributed by atoms with Crippen LogP contribution in [0.15, 0.2) is 42.6 Å². The Morgan fingerprint density at radius 3 is 2.40 bits per heavy atom. The van der Waals surface area contributed by atoms with Crippen LogP contribution in [0, 0.1) is 0 Å². The van der Waals surface area contributed by atoms with Crippen molar-refractivity contribution in [2.75, 3.05) is 4.90 Å². The summed E-state index contributed by atoms with van der Waals surface area (Å²) in [6.07, 6.45) is 1.18. The number of rotatable bonds is 8. The van der Waals surface area contributed by atoms with Crippen LogP contribution in [0.4, 0.5) is 5.69 Å². The molecule has 0 spiro atoms. The number of nitrogens with one attached hydrogen (secondary N) is 1. The van der Waals surface area contributed by atoms with Gasteiger partial charge in [-0.25, -0.2) is 4.79 Å². The predicted molar refractivity (Wildman–Crippen MR) is 90.2 cm³/mol. The normalized spacial score (nSPS) is 11.7. The number of aromatic nitrogens is 1. The van der Waals surface area contributed by atoms with Gasteiger partial charge in [0.25, 0.3) is 0 Å². The summed E-state index contributed by atoms with van der Waals surface area (Å²) in [5.41, 5.74) is 6.98. The van der Waals surface area contributed by atoms with Gasteiger partial charge in [0.05, 0.1) is 18.3 Å². The summed E-state index contributed by atoms with van der Waals surface area (Å²) in [6, 6.07) is 9.48. The molecule has 1 atom stereocenters. The van der Waals surface area contributed by atoms with E-state index < -0.39 is 23.9 Å². The lowest BCUT2D eigenvalue weighted by Gasteiger charge is -2.24. The largest absolute Gasteiger partial charge is 0.481 e. The summed E-state index contributed by atoms with van der Waals surface area (Å²) in [7, 11) is 0. The summed E-state index contributed by atoms with van der Waals surface area (Å²) in [6.45, 7) is 0.192. The Kier molecular flexibility index (Phi) is 5.91. The van der Waals surface area contributed by atoms with Crippen LogP contribution in [0.1, 0.15) is 28.9 Å². The average molecular weight is 345 g/mol. The first-order chi connectivity index (χ1) is 11.9. The Labute approximate surface area is 143 Å². The number of benzene rings is 1. The smallest absolute Gasteiger partial charge is 0.352 e. The second-order valence-corrected chi connectivity index (χ2v) is 5.53. The Morgan fingerprint density at radius 2 is 1.84 bits per heavy atom. The number of anilines is 1. The standard InChI is InChI=1S/C17H19N3O5/c18-13(6-7-15(21)22)16(23)20(10-11-4-2-1-3-5-11)12-8-14(17(24)25)19-9-12/h1-5,8-9,13,19H,6-7,10,18H2,(H,21,22)(H,24,25)/t13-/m0/s1. The van der Waals surface area contributed by atoms with E-state index >= 15 is 0 Å². The zero-order valence-corrected chi connectivity index (χ0v) is 13.4. The van der Waals surface area contributed by atoms with Gasteiger partial charge in [0.1, 0.15) is 5.69 Å². The first-order valence-electron chi connectivity index (χ1n) is 7.63. The first-order valence-corrected chi connectivity index (χ1v) is 7.63. The summed E-state index contributed by atoms with van der Waals surface area (Å²) >= 11 is 0. The Balaban J connectivity index is 2.25. The number of aliphatic carboxylic acids is 1. The molecule has 2 aromatic rings. The number of hydrogen-bond acceptors (Lipinski definition) is 4. The van der Waals surface area contributed by atoms with Crippen LogP contribution < -0.4 is 10.6 Å². The highest BCUT2D eigenvalue weighted by Crippen LogP contribution is 2.20. The lowest BCUT2D eigenvalue weighted by molar-refractivity contribution is -0.137. The molecule has 0 unspecified atom stereocenters. The van der Waals surface area contributed by atoms with Crippen molar-refractivity contribution in [3.8, 4) is 0 Å². The molecular weight excluding hydrogens is 326 g/mol. The molecule has 0 radical (unpaired) electrons. The van der Waals surface area contributed by atoms with Gasteiger partial charge in [0.2, 0.25) is 5.91 Å². The van der Waals surface area contributed by atoms with Crippen molar-refractivity contribution < 1.29 is 24.6 Å². The number of aromatic amines is 1. The highest BCUT2D eigenvalue weighted by Gasteiger charge is 2.24. The summed E-state index contributed by atoms with van der Waals surface area (Å²) in [5, 5.41) is 17.8. The van der Waals surface area contributed by atoms with E-state index in [4.69, 9.17) is 15.9 Å². The summed E-state index contributed by atoms with van der Waals surface area (Å²) in [4.78, 5) is 38.4. The molecule has 5 N–H and O–H groups in total. The van der Waals surface area contributed by atoms with E-state index in [1.54, 1.807) is 0 Å². The van der Waals surface area contributed by atoms with Crippen molar-refractivity contribution in [3.05, 3.63) is 53.9 Å². The van der Waals surface area contributed by atoms with Gasteiger partial charge >= 0.3 is 11.9 Å². The number of aromatic carboxylic acids is 1. The van der Waals surface area contributed by atoms with Crippen molar-refractivity contribution in [3.63, 3.8) is 0 Å². The van der Waals surface area contributed by atoms with E-state index in [1.165, 1.54) is 17.2 Å². The lowest BCUT2D eigenvalue weighted by Crippen LogP contribution is -2.43. The van der Waals surface area contributed by atoms with Crippen molar-refractivity contribution in [2.24, 2.45) is 5.73 Å². The van der Waals surface area contributed by atoms with Crippen LogP contribution >= 0.6 is 0 Å². The molecule has 8 nitrogen and oxygen atoms in total. The number of nitrogens with two attached hydrogens (primary N) is 1. The van der Waals surface area contributed by atoms with Crippen LogP contribution in [0.5, 0.6) is 0 Å². The van der Waals surface area contributed by atoms with Crippen molar-refractivity contribution in [2.45, 2.75) is 25.4 Å². The number of carboxylic acid groups (broad SMARTS) is 2. The molecule has 8 heteroatoms. The number of carboxylic acids is 2. The number of H-pyrrole nitrogens is 1. The van der Waals surface area contributed by atoms with Crippen LogP contribution in [0.2, 0.25) is 0 Å². The third kappa shape index (κ3) is 4.92. The van der Waals surface area contributed by atoms with E-state index in [0.29, 0.717) is 5.69 Å². The number of hydrogen-bond donors (Lipinski definition) is 4. The number of carbonyl (C=O) groups excluding carboxylic acids is 1. The van der Waals surface area contributed by atoms with Gasteiger partial charge in [-0.1, -0.05) is 30.3 Å². The van der Waals surface area contributed by atoms with E-state index in [2.05, 4.69) is 4.98 Å². The molecule has 1 heterocycles. The van der Waals surface area contributed by atoms with Gasteiger partial charge < -0.3 is 25.8 Å². The van der Waals surface area contributed by atoms with Crippen molar-refractivity contribution in [1.29, 1.82) is 0 Å². The van der Waals surface area contributed by atoms with Gasteiger partial charge in [-0.05, 0) is 18.1 Å². The molecule has 0 saturated carbocycles. The monoisotopic (exact) mass is 345 g/mol. The molecule has 0 aliphatic carbocycles. The SMILES string of the molecule is N[C@@H](CCC(=O)O)C(=O)N(Cc1ccccc1)c1c[nH]c(C(=O)O)c1. The first kappa shape index (κ1) is 18.2. The number of carbonyl (C=O) groups is 3. The van der Waals surface area contributed by atoms with E-state index in [1.807, 2.05) is 30.3 Å². The van der Waals surface area contributed by atoms with E-state index in [9.17, 15) is 14.4 Å². The zero-order chi connectivity index (χ0) is 18.4. The minimum atomic E-state index is -1.14. The van der Waals surface area contributed by atoms with Gasteiger partial charge in [0.15, 0.2) is 0 Å². The highest BCUT2D eigenvalue weighted by atomic mass is 16.4. The second-order valence-electron chi connectivity index (χ2n) is 5.53. The molecular formula is C17H19N3O5. The van der Waals surface area contributed by atoms with Crippen LogP contribution in [0.3, 0.4) is 0 Å². The van der Waals surface area contributed by atoms with Crippen LogP contribution in [0.25, 0.3) is 0 Å². The van der Waals surface area contributed by atoms with Crippen molar-refractivity contribution >= 4 is 23.5 Å². The van der Waals surface area contributed by atoms with E-state index in [-0.39, 0.29) is 25.1 Å². The summed E-state index contributed by atoms with van der Waals surface area (Å²) in [5.74, 6) is -2.65. The third-order valence-electron chi connectivity index (χ3n) is 3.65. The number of amides is 1. The van der Waals surface area contributed by atoms with Crippen LogP contribution in [-0.4, -0.2) is 39.1 Å². The molecule has 0 aliphatic heterocycles. The van der Waals surface area contributed by atoms with Crippen LogP contribution in [-0.2, 0) is 16.1 Å². The Bertz CT molecular complexity index is 757. The Hall–Kier alpha value is -3.13. The molecule has 1 aromatic carbocycles. The maximum Gasteiger partial charge on any atom is 0.352 e. The minimum absolute atomic E-state index is 0.00430. The maximum atomic E-state index is 12.7. The molecule has 0 saturated heterocycles. The highest BCUT2D eigenvalue weighted by molar-refractivity contribution is 5.98. The zero-order valence-electron chi connectivity index (χ0n) is 13.4. The average Bonchev–Trinajstić information content (AvgIpc) is 3.08.